The van der Waals surface area contributed by atoms with E-state index in [1.54, 1.807) is 25.3 Å². The minimum Gasteiger partial charge on any atom is -0.497 e. The molecule has 1 fully saturated rings. The number of aliphatic imine (C=N–C) groups is 1. The summed E-state index contributed by atoms with van der Waals surface area (Å²) in [6.07, 6.45) is 4.36. The summed E-state index contributed by atoms with van der Waals surface area (Å²) >= 11 is 0. The molecule has 13 nitrogen and oxygen atoms in total. The normalized spacial score (nSPS) is 13.6. The van der Waals surface area contributed by atoms with Gasteiger partial charge in [0.25, 0.3) is 10.1 Å². The van der Waals surface area contributed by atoms with Gasteiger partial charge < -0.3 is 36.5 Å². The van der Waals surface area contributed by atoms with Crippen LogP contribution >= 0.6 is 0 Å². The van der Waals surface area contributed by atoms with Crippen molar-refractivity contribution in [2.45, 2.75) is 55.8 Å². The van der Waals surface area contributed by atoms with Crippen LogP contribution in [-0.2, 0) is 26.0 Å². The Morgan fingerprint density at radius 1 is 1.12 bits per heavy atom. The zero-order valence-electron chi connectivity index (χ0n) is 23.6. The van der Waals surface area contributed by atoms with Gasteiger partial charge in [-0.25, -0.2) is 4.79 Å². The molecule has 230 valence electrons. The van der Waals surface area contributed by atoms with Gasteiger partial charge in [0, 0.05) is 19.0 Å². The van der Waals surface area contributed by atoms with Crippen LogP contribution < -0.4 is 26.8 Å². The second kappa shape index (κ2) is 17.9. The predicted molar refractivity (Wildman–Crippen MR) is 159 cm³/mol. The van der Waals surface area contributed by atoms with Gasteiger partial charge in [0.15, 0.2) is 5.96 Å². The van der Waals surface area contributed by atoms with Crippen molar-refractivity contribution in [3.8, 4) is 5.75 Å². The van der Waals surface area contributed by atoms with E-state index < -0.39 is 29.3 Å². The van der Waals surface area contributed by atoms with E-state index in [4.69, 9.17) is 25.4 Å². The van der Waals surface area contributed by atoms with E-state index in [1.165, 1.54) is 12.1 Å². The monoisotopic (exact) mass is 605 g/mol. The fraction of sp³-hybridized carbons (Fsp3) is 0.444. The lowest BCUT2D eigenvalue weighted by Gasteiger charge is -2.22. The van der Waals surface area contributed by atoms with E-state index in [9.17, 15) is 23.0 Å². The van der Waals surface area contributed by atoms with E-state index in [2.05, 4.69) is 15.6 Å². The number of nitrogens with two attached hydrogens (primary N) is 2. The van der Waals surface area contributed by atoms with Gasteiger partial charge in [0.05, 0.1) is 17.9 Å². The molecule has 1 unspecified atom stereocenters. The largest absolute Gasteiger partial charge is 0.549 e. The molecule has 0 spiro atoms. The predicted octanol–water partition coefficient (Wildman–Crippen LogP) is 1.65. The number of amides is 2. The van der Waals surface area contributed by atoms with Crippen LogP contribution in [0.4, 0.5) is 4.79 Å². The maximum atomic E-state index is 12.5. The van der Waals surface area contributed by atoms with Crippen molar-refractivity contribution in [1.29, 1.82) is 0 Å². The van der Waals surface area contributed by atoms with Crippen LogP contribution in [0.5, 0.6) is 5.75 Å². The van der Waals surface area contributed by atoms with Crippen LogP contribution in [0.15, 0.2) is 64.5 Å². The number of nitrogens with one attached hydrogen (secondary N) is 2. The number of nitrogens with zero attached hydrogens (tertiary/aromatic N) is 1. The first-order chi connectivity index (χ1) is 20.0. The molecule has 0 aliphatic heterocycles. The topological polar surface area (TPSA) is 216 Å². The highest BCUT2D eigenvalue weighted by atomic mass is 32.2. The second-order valence-corrected chi connectivity index (χ2v) is 11.1. The number of rotatable bonds is 13. The summed E-state index contributed by atoms with van der Waals surface area (Å²) in [5.41, 5.74) is 11.6. The number of carbonyl (C=O) groups excluding carboxylic acids is 2. The number of hydrogen-bond acceptors (Lipinski definition) is 8. The summed E-state index contributed by atoms with van der Waals surface area (Å²) in [5.74, 6) is -0.234. The third-order valence-corrected chi connectivity index (χ3v) is 7.32. The van der Waals surface area contributed by atoms with Gasteiger partial charge in [0.1, 0.15) is 5.75 Å². The fourth-order valence-electron chi connectivity index (χ4n) is 4.26. The molecule has 2 amide bonds. The van der Waals surface area contributed by atoms with Crippen molar-refractivity contribution >= 4 is 35.2 Å². The molecule has 15 heteroatoms. The minimum absolute atomic E-state index is 0.0243. The molecule has 1 aliphatic rings. The van der Waals surface area contributed by atoms with Crippen molar-refractivity contribution in [1.82, 2.24) is 10.6 Å². The van der Waals surface area contributed by atoms with Crippen LogP contribution in [0.25, 0.3) is 0 Å². The lowest BCUT2D eigenvalue weighted by Crippen LogP contribution is -2.51. The molecule has 1 saturated carbocycles. The molecule has 1 atom stereocenters. The smallest absolute Gasteiger partial charge is 0.497 e. The third kappa shape index (κ3) is 13.2. The van der Waals surface area contributed by atoms with E-state index in [0.29, 0.717) is 32.4 Å². The number of methoxy groups -OCH3 is 1. The molecule has 2 aromatic rings. The molecular weight excluding hydrogens is 565 g/mol. The summed E-state index contributed by atoms with van der Waals surface area (Å²) in [6.45, 7) is 0.667. The van der Waals surface area contributed by atoms with Gasteiger partial charge in [-0.1, -0.05) is 43.2 Å². The Kier molecular flexibility index (Phi) is 14.6. The van der Waals surface area contributed by atoms with Gasteiger partial charge in [-0.05, 0) is 61.9 Å². The average Bonchev–Trinajstić information content (AvgIpc) is 3.50. The van der Waals surface area contributed by atoms with Crippen molar-refractivity contribution in [2.75, 3.05) is 20.2 Å². The average molecular weight is 606 g/mol. The minimum atomic E-state index is -4.00. The molecule has 0 heterocycles. The SMILES string of the molecule is COc1cccc(CCNC(=O)OB(O)C(CCCN=C(N)N)NC(=O)C2CCCC2)c1.O=S(=O)(O)c1ccccc1. The summed E-state index contributed by atoms with van der Waals surface area (Å²) in [5, 5.41) is 15.9. The first-order valence-corrected chi connectivity index (χ1v) is 15.1. The zero-order chi connectivity index (χ0) is 31.0. The van der Waals surface area contributed by atoms with Gasteiger partial charge in [0.2, 0.25) is 5.91 Å². The van der Waals surface area contributed by atoms with Crippen molar-refractivity contribution < 1.29 is 37.0 Å². The number of guanidine groups is 1. The Bertz CT molecular complexity index is 1260. The third-order valence-electron chi connectivity index (χ3n) is 6.45. The highest BCUT2D eigenvalue weighted by Gasteiger charge is 2.34. The quantitative estimate of drug-likeness (QED) is 0.0638. The number of benzene rings is 2. The summed E-state index contributed by atoms with van der Waals surface area (Å²) in [6, 6.07) is 14.9. The van der Waals surface area contributed by atoms with E-state index >= 15 is 0 Å². The number of ether oxygens (including phenoxy) is 1. The van der Waals surface area contributed by atoms with Crippen molar-refractivity contribution in [3.63, 3.8) is 0 Å². The maximum Gasteiger partial charge on any atom is 0.549 e. The van der Waals surface area contributed by atoms with Crippen LogP contribution in [0.3, 0.4) is 0 Å². The van der Waals surface area contributed by atoms with Gasteiger partial charge in [-0.2, -0.15) is 8.42 Å². The van der Waals surface area contributed by atoms with Crippen LogP contribution in [-0.4, -0.2) is 69.2 Å². The molecule has 8 N–H and O–H groups in total. The molecule has 42 heavy (non-hydrogen) atoms. The lowest BCUT2D eigenvalue weighted by molar-refractivity contribution is -0.125. The van der Waals surface area contributed by atoms with Gasteiger partial charge in [-0.3, -0.25) is 14.3 Å². The van der Waals surface area contributed by atoms with Crippen LogP contribution in [0.1, 0.15) is 44.1 Å². The molecule has 1 aliphatic carbocycles. The van der Waals surface area contributed by atoms with E-state index in [-0.39, 0.29) is 22.7 Å². The molecule has 0 bridgehead atoms. The van der Waals surface area contributed by atoms with Crippen LogP contribution in [0.2, 0.25) is 0 Å². The van der Waals surface area contributed by atoms with Crippen molar-refractivity contribution in [3.05, 3.63) is 60.2 Å². The molecule has 3 rings (SSSR count). The lowest BCUT2D eigenvalue weighted by atomic mass is 9.75. The Hall–Kier alpha value is -3.82. The Morgan fingerprint density at radius 3 is 2.40 bits per heavy atom. The first-order valence-electron chi connectivity index (χ1n) is 13.6. The fourth-order valence-corrected chi connectivity index (χ4v) is 4.76. The van der Waals surface area contributed by atoms with Crippen LogP contribution in [0, 0.1) is 5.92 Å². The van der Waals surface area contributed by atoms with Crippen molar-refractivity contribution in [2.24, 2.45) is 22.4 Å². The number of hydrogen-bond donors (Lipinski definition) is 6. The van der Waals surface area contributed by atoms with E-state index in [1.807, 2.05) is 24.3 Å². The molecule has 0 saturated heterocycles. The van der Waals surface area contributed by atoms with Gasteiger partial charge in [-0.15, -0.1) is 0 Å². The highest BCUT2D eigenvalue weighted by Crippen LogP contribution is 2.25. The zero-order valence-corrected chi connectivity index (χ0v) is 24.5. The first kappa shape index (κ1) is 34.4. The summed E-state index contributed by atoms with van der Waals surface area (Å²) in [7, 11) is -3.90. The molecular formula is C27H40BN5O8S. The van der Waals surface area contributed by atoms with Gasteiger partial charge >= 0.3 is 13.2 Å². The summed E-state index contributed by atoms with van der Waals surface area (Å²) in [4.78, 5) is 28.5. The Morgan fingerprint density at radius 2 is 1.81 bits per heavy atom. The number of carbonyl (C=O) groups is 2. The maximum absolute atomic E-state index is 12.5. The molecule has 0 radical (unpaired) electrons. The summed E-state index contributed by atoms with van der Waals surface area (Å²) < 4.78 is 39.5. The molecule has 2 aromatic carbocycles. The Labute approximate surface area is 247 Å². The van der Waals surface area contributed by atoms with E-state index in [0.717, 1.165) is 37.0 Å². The highest BCUT2D eigenvalue weighted by molar-refractivity contribution is 7.85. The molecule has 0 aromatic heterocycles. The standard InChI is InChI=1S/C21H34BN5O5.C6H6O3S/c1-31-17-9-4-6-15(14-17)11-13-26-21(29)32-22(30)18(10-5-12-25-20(23)24)27-19(28)16-7-2-3-8-16;7-10(8,9)6-4-2-1-3-5-6/h4,6,9,14,16,18,30H,2-3,5,7-8,10-13H2,1H3,(H,26,29)(H,27,28)(H4,23,24,25);1-5H,(H,7,8,9). The Balaban J connectivity index is 0.000000518. The second-order valence-electron chi connectivity index (χ2n) is 9.66.